The lowest BCUT2D eigenvalue weighted by molar-refractivity contribution is 0.0667. The Labute approximate surface area is 201 Å². The minimum Gasteiger partial charge on any atom is -0.381 e. The maximum Gasteiger partial charge on any atom is 0.188 e. The van der Waals surface area contributed by atoms with E-state index in [0.29, 0.717) is 11.7 Å². The largest absolute Gasteiger partial charge is 0.381 e. The van der Waals surface area contributed by atoms with Crippen molar-refractivity contribution in [3.05, 3.63) is 58.9 Å². The van der Waals surface area contributed by atoms with Gasteiger partial charge in [-0.25, -0.2) is 19.0 Å². The van der Waals surface area contributed by atoms with Crippen LogP contribution in [0.5, 0.6) is 0 Å². The summed E-state index contributed by atoms with van der Waals surface area (Å²) < 4.78 is 24.3. The molecule has 2 aliphatic rings. The maximum atomic E-state index is 14.9. The number of thiazole rings is 1. The van der Waals surface area contributed by atoms with Crippen molar-refractivity contribution in [3.63, 3.8) is 0 Å². The van der Waals surface area contributed by atoms with Crippen LogP contribution in [-0.2, 0) is 17.6 Å². The Balaban J connectivity index is 1.28. The summed E-state index contributed by atoms with van der Waals surface area (Å²) in [6, 6.07) is 5.56. The van der Waals surface area contributed by atoms with Crippen molar-refractivity contribution >= 4 is 22.3 Å². The number of nitrogens with one attached hydrogen (secondary N) is 1. The molecule has 0 amide bonds. The molecule has 0 unspecified atom stereocenters. The molecular weight excluding hydrogens is 451 g/mol. The van der Waals surface area contributed by atoms with Gasteiger partial charge in [-0.1, -0.05) is 6.07 Å². The molecule has 0 radical (unpaired) electrons. The van der Waals surface area contributed by atoms with E-state index in [9.17, 15) is 4.39 Å². The van der Waals surface area contributed by atoms with Crippen molar-refractivity contribution in [2.24, 2.45) is 0 Å². The van der Waals surface area contributed by atoms with Gasteiger partial charge < -0.3 is 14.6 Å². The average molecular weight is 479 g/mol. The van der Waals surface area contributed by atoms with Crippen LogP contribution < -0.4 is 5.32 Å². The van der Waals surface area contributed by atoms with Crippen molar-refractivity contribution in [1.82, 2.24) is 24.3 Å². The first-order valence-corrected chi connectivity index (χ1v) is 12.7. The number of nitrogens with zero attached hydrogens (tertiary/aromatic N) is 5. The summed E-state index contributed by atoms with van der Waals surface area (Å²) in [5.41, 5.74) is 5.36. The SMILES string of the molecule is Cc1cn(-c2ccc(-c3csc(Nc4c5c(nn4C4CCOCC4)CCCC5)n3)cc2F)cn1. The zero-order valence-electron chi connectivity index (χ0n) is 19.1. The maximum absolute atomic E-state index is 14.9. The molecule has 6 rings (SSSR count). The normalized spacial score (nSPS) is 16.5. The molecule has 0 atom stereocenters. The van der Waals surface area contributed by atoms with Gasteiger partial charge in [-0.3, -0.25) is 0 Å². The first kappa shape index (κ1) is 21.5. The molecule has 0 spiro atoms. The van der Waals surface area contributed by atoms with E-state index in [-0.39, 0.29) is 5.82 Å². The summed E-state index contributed by atoms with van der Waals surface area (Å²) in [4.78, 5) is 8.98. The quantitative estimate of drug-likeness (QED) is 0.404. The summed E-state index contributed by atoms with van der Waals surface area (Å²) in [6.07, 6.45) is 9.84. The lowest BCUT2D eigenvalue weighted by Crippen LogP contribution is -2.21. The fourth-order valence-electron chi connectivity index (χ4n) is 4.89. The highest BCUT2D eigenvalue weighted by atomic mass is 32.1. The second-order valence-corrected chi connectivity index (χ2v) is 9.88. The van der Waals surface area contributed by atoms with Gasteiger partial charge in [0.25, 0.3) is 0 Å². The number of aromatic nitrogens is 5. The van der Waals surface area contributed by atoms with Crippen LogP contribution in [0.1, 0.15) is 48.7 Å². The number of halogens is 1. The van der Waals surface area contributed by atoms with Gasteiger partial charge in [0, 0.05) is 35.9 Å². The van der Waals surface area contributed by atoms with E-state index in [1.54, 1.807) is 17.0 Å². The van der Waals surface area contributed by atoms with Gasteiger partial charge in [-0.05, 0) is 57.6 Å². The number of hydrogen-bond donors (Lipinski definition) is 1. The summed E-state index contributed by atoms with van der Waals surface area (Å²) in [6.45, 7) is 3.43. The Morgan fingerprint density at radius 2 is 2.03 bits per heavy atom. The molecule has 3 aromatic heterocycles. The molecule has 4 aromatic rings. The average Bonchev–Trinajstić information content (AvgIpc) is 3.59. The van der Waals surface area contributed by atoms with Gasteiger partial charge >= 0.3 is 0 Å². The highest BCUT2D eigenvalue weighted by Gasteiger charge is 2.26. The van der Waals surface area contributed by atoms with Crippen LogP contribution in [0.3, 0.4) is 0 Å². The van der Waals surface area contributed by atoms with Gasteiger partial charge in [0.15, 0.2) is 5.13 Å². The third kappa shape index (κ3) is 4.03. The minimum atomic E-state index is -0.302. The van der Waals surface area contributed by atoms with E-state index < -0.39 is 0 Å². The van der Waals surface area contributed by atoms with E-state index in [1.807, 2.05) is 24.6 Å². The topological polar surface area (TPSA) is 69.8 Å². The Hall–Kier alpha value is -3.04. The first-order valence-electron chi connectivity index (χ1n) is 11.9. The van der Waals surface area contributed by atoms with E-state index in [0.717, 1.165) is 66.8 Å². The number of hydrogen-bond acceptors (Lipinski definition) is 6. The standard InChI is InChI=1S/C25H27FN6OS/c1-16-13-31(15-27-16)23-7-6-17(12-20(23)26)22-14-34-25(28-22)29-24-19-4-2-3-5-21(19)30-32(24)18-8-10-33-11-9-18/h6-7,12-15,18H,2-5,8-11H2,1H3,(H,28,29). The van der Waals surface area contributed by atoms with Crippen LogP contribution in [0.2, 0.25) is 0 Å². The molecule has 1 aliphatic heterocycles. The van der Waals surface area contributed by atoms with E-state index in [2.05, 4.69) is 15.0 Å². The highest BCUT2D eigenvalue weighted by molar-refractivity contribution is 7.14. The van der Waals surface area contributed by atoms with Crippen molar-refractivity contribution in [2.75, 3.05) is 18.5 Å². The van der Waals surface area contributed by atoms with Crippen LogP contribution in [-0.4, -0.2) is 37.5 Å². The summed E-state index contributed by atoms with van der Waals surface area (Å²) >= 11 is 1.53. The van der Waals surface area contributed by atoms with Gasteiger partial charge in [-0.2, -0.15) is 5.10 Å². The van der Waals surface area contributed by atoms with Gasteiger partial charge in [0.2, 0.25) is 0 Å². The van der Waals surface area contributed by atoms with Crippen molar-refractivity contribution in [1.29, 1.82) is 0 Å². The summed E-state index contributed by atoms with van der Waals surface area (Å²) in [5, 5.41) is 11.4. The molecule has 4 heterocycles. The van der Waals surface area contributed by atoms with Crippen LogP contribution in [0.4, 0.5) is 15.3 Å². The third-order valence-electron chi connectivity index (χ3n) is 6.68. The smallest absolute Gasteiger partial charge is 0.188 e. The monoisotopic (exact) mass is 478 g/mol. The minimum absolute atomic E-state index is 0.302. The number of imidazole rings is 1. The van der Waals surface area contributed by atoms with Crippen molar-refractivity contribution < 1.29 is 9.13 Å². The van der Waals surface area contributed by atoms with Gasteiger partial charge in [0.05, 0.1) is 35.1 Å². The lowest BCUT2D eigenvalue weighted by atomic mass is 9.97. The molecule has 1 aromatic carbocycles. The summed E-state index contributed by atoms with van der Waals surface area (Å²) in [7, 11) is 0. The zero-order valence-corrected chi connectivity index (χ0v) is 19.9. The molecular formula is C25H27FN6OS. The molecule has 1 saturated heterocycles. The van der Waals surface area contributed by atoms with Crippen LogP contribution >= 0.6 is 11.3 Å². The van der Waals surface area contributed by atoms with Crippen LogP contribution in [0, 0.1) is 12.7 Å². The number of benzene rings is 1. The zero-order chi connectivity index (χ0) is 23.1. The fraction of sp³-hybridized carbons (Fsp3) is 0.400. The Bertz CT molecular complexity index is 1320. The molecule has 9 heteroatoms. The second-order valence-electron chi connectivity index (χ2n) is 9.02. The molecule has 0 bridgehead atoms. The predicted molar refractivity (Wildman–Crippen MR) is 131 cm³/mol. The second kappa shape index (κ2) is 8.96. The highest BCUT2D eigenvalue weighted by Crippen LogP contribution is 2.36. The van der Waals surface area contributed by atoms with Gasteiger partial charge in [0.1, 0.15) is 11.6 Å². The summed E-state index contributed by atoms with van der Waals surface area (Å²) in [5.74, 6) is 0.767. The molecule has 34 heavy (non-hydrogen) atoms. The Morgan fingerprint density at radius 1 is 1.18 bits per heavy atom. The molecule has 1 N–H and O–H groups in total. The first-order chi connectivity index (χ1) is 16.7. The van der Waals surface area contributed by atoms with Crippen LogP contribution in [0.25, 0.3) is 16.9 Å². The molecule has 176 valence electrons. The Morgan fingerprint density at radius 3 is 2.82 bits per heavy atom. The lowest BCUT2D eigenvalue weighted by Gasteiger charge is -2.24. The number of fused-ring (bicyclic) bond motifs is 1. The number of aryl methyl sites for hydroxylation is 2. The number of anilines is 2. The molecule has 7 nitrogen and oxygen atoms in total. The predicted octanol–water partition coefficient (Wildman–Crippen LogP) is 5.61. The fourth-order valence-corrected chi connectivity index (χ4v) is 5.61. The third-order valence-corrected chi connectivity index (χ3v) is 7.44. The number of ether oxygens (including phenoxy) is 1. The molecule has 1 fully saturated rings. The van der Waals surface area contributed by atoms with E-state index >= 15 is 0 Å². The van der Waals surface area contributed by atoms with Crippen molar-refractivity contribution in [2.45, 2.75) is 51.5 Å². The molecule has 0 saturated carbocycles. The number of rotatable bonds is 5. The Kier molecular flexibility index (Phi) is 5.66. The van der Waals surface area contributed by atoms with Gasteiger partial charge in [-0.15, -0.1) is 11.3 Å². The van der Waals surface area contributed by atoms with E-state index in [1.165, 1.54) is 41.5 Å². The van der Waals surface area contributed by atoms with E-state index in [4.69, 9.17) is 14.8 Å². The molecule has 1 aliphatic carbocycles. The van der Waals surface area contributed by atoms with Crippen molar-refractivity contribution in [3.8, 4) is 16.9 Å². The van der Waals surface area contributed by atoms with Crippen LogP contribution in [0.15, 0.2) is 36.1 Å².